The number of carbonyl (C=O) groups excluding carboxylic acids is 1. The van der Waals surface area contributed by atoms with Gasteiger partial charge in [-0.1, -0.05) is 32.0 Å². The summed E-state index contributed by atoms with van der Waals surface area (Å²) in [6.45, 7) is 9.99. The molecule has 2 atom stereocenters. The first-order valence-electron chi connectivity index (χ1n) is 8.57. The van der Waals surface area contributed by atoms with Gasteiger partial charge in [0.15, 0.2) is 0 Å². The molecule has 1 aromatic carbocycles. The van der Waals surface area contributed by atoms with Crippen LogP contribution in [0.5, 0.6) is 0 Å². The van der Waals surface area contributed by atoms with Gasteiger partial charge in [0.05, 0.1) is 0 Å². The van der Waals surface area contributed by atoms with Crippen molar-refractivity contribution in [2.45, 2.75) is 58.9 Å². The Bertz CT molecular complexity index is 522. The molecule has 3 nitrogen and oxygen atoms in total. The van der Waals surface area contributed by atoms with Crippen molar-refractivity contribution in [3.05, 3.63) is 34.9 Å². The van der Waals surface area contributed by atoms with E-state index in [0.29, 0.717) is 12.5 Å². The highest BCUT2D eigenvalue weighted by Crippen LogP contribution is 2.29. The normalized spacial score (nSPS) is 22.2. The van der Waals surface area contributed by atoms with Crippen LogP contribution in [0.4, 0.5) is 0 Å². The van der Waals surface area contributed by atoms with E-state index >= 15 is 0 Å². The molecule has 1 fully saturated rings. The fourth-order valence-electron chi connectivity index (χ4n) is 3.47. The quantitative estimate of drug-likeness (QED) is 0.926. The molecule has 0 aromatic heterocycles. The number of likely N-dealkylation sites (tertiary alicyclic amines) is 1. The summed E-state index contributed by atoms with van der Waals surface area (Å²) in [5, 5.41) is 0. The summed E-state index contributed by atoms with van der Waals surface area (Å²) in [5.74, 6) is 0.793. The Morgan fingerprint density at radius 1 is 1.23 bits per heavy atom. The molecule has 0 spiro atoms. The van der Waals surface area contributed by atoms with Crippen molar-refractivity contribution >= 4 is 5.91 Å². The molecule has 2 N–H and O–H groups in total. The Morgan fingerprint density at radius 3 is 2.50 bits per heavy atom. The molecule has 3 heteroatoms. The molecule has 2 unspecified atom stereocenters. The maximum Gasteiger partial charge on any atom is 0.225 e. The lowest BCUT2D eigenvalue weighted by Crippen LogP contribution is -2.50. The predicted octanol–water partition coefficient (Wildman–Crippen LogP) is 3.38. The van der Waals surface area contributed by atoms with Crippen LogP contribution in [0.25, 0.3) is 0 Å². The predicted molar refractivity (Wildman–Crippen MR) is 91.9 cm³/mol. The van der Waals surface area contributed by atoms with Gasteiger partial charge >= 0.3 is 0 Å². The van der Waals surface area contributed by atoms with Crippen LogP contribution in [0.15, 0.2) is 18.2 Å². The van der Waals surface area contributed by atoms with Gasteiger partial charge in [0.25, 0.3) is 0 Å². The van der Waals surface area contributed by atoms with Crippen LogP contribution < -0.4 is 5.73 Å². The molecule has 1 heterocycles. The molecule has 1 saturated heterocycles. The Morgan fingerprint density at radius 2 is 1.91 bits per heavy atom. The zero-order valence-corrected chi connectivity index (χ0v) is 14.4. The number of amides is 1. The summed E-state index contributed by atoms with van der Waals surface area (Å²) >= 11 is 0. The Kier molecular flexibility index (Phi) is 5.63. The molecule has 1 aliphatic heterocycles. The first kappa shape index (κ1) is 17.0. The minimum absolute atomic E-state index is 0.0821. The molecular formula is C19H30N2O. The van der Waals surface area contributed by atoms with Gasteiger partial charge in [-0.3, -0.25) is 4.79 Å². The molecule has 1 aromatic rings. The fourth-order valence-corrected chi connectivity index (χ4v) is 3.47. The number of benzene rings is 1. The molecule has 0 radical (unpaired) electrons. The molecular weight excluding hydrogens is 272 g/mol. The van der Waals surface area contributed by atoms with Crippen molar-refractivity contribution in [2.75, 3.05) is 13.1 Å². The molecule has 22 heavy (non-hydrogen) atoms. The topological polar surface area (TPSA) is 46.3 Å². The third-order valence-corrected chi connectivity index (χ3v) is 5.13. The van der Waals surface area contributed by atoms with Gasteiger partial charge in [0.2, 0.25) is 5.91 Å². The molecule has 0 aliphatic carbocycles. The van der Waals surface area contributed by atoms with Crippen LogP contribution in [-0.4, -0.2) is 29.9 Å². The van der Waals surface area contributed by atoms with Crippen LogP contribution in [0.2, 0.25) is 0 Å². The monoisotopic (exact) mass is 302 g/mol. The largest absolute Gasteiger partial charge is 0.340 e. The highest BCUT2D eigenvalue weighted by atomic mass is 16.2. The SMILES string of the molecule is CCC(CC)C(=O)N1CC(N)CC(c2ccc(C)c(C)c2)C1. The van der Waals surface area contributed by atoms with E-state index in [4.69, 9.17) is 5.73 Å². The highest BCUT2D eigenvalue weighted by Gasteiger charge is 2.31. The zero-order valence-electron chi connectivity index (χ0n) is 14.4. The van der Waals surface area contributed by atoms with Crippen LogP contribution in [0, 0.1) is 19.8 Å². The number of carbonyl (C=O) groups is 1. The number of rotatable bonds is 4. The minimum atomic E-state index is 0.0821. The third-order valence-electron chi connectivity index (χ3n) is 5.13. The summed E-state index contributed by atoms with van der Waals surface area (Å²) in [7, 11) is 0. The van der Waals surface area contributed by atoms with Gasteiger partial charge in [-0.15, -0.1) is 0 Å². The van der Waals surface area contributed by atoms with Crippen molar-refractivity contribution in [2.24, 2.45) is 11.7 Å². The average Bonchev–Trinajstić information content (AvgIpc) is 2.50. The molecule has 0 bridgehead atoms. The maximum atomic E-state index is 12.7. The van der Waals surface area contributed by atoms with E-state index in [-0.39, 0.29) is 17.9 Å². The number of hydrogen-bond acceptors (Lipinski definition) is 2. The Balaban J connectivity index is 2.16. The van der Waals surface area contributed by atoms with Gasteiger partial charge in [0.1, 0.15) is 0 Å². The number of aryl methyl sites for hydroxylation is 2. The summed E-state index contributed by atoms with van der Waals surface area (Å²) in [5.41, 5.74) is 10.2. The second-order valence-electron chi connectivity index (χ2n) is 6.79. The van der Waals surface area contributed by atoms with Gasteiger partial charge in [-0.25, -0.2) is 0 Å². The van der Waals surface area contributed by atoms with E-state index in [2.05, 4.69) is 45.9 Å². The van der Waals surface area contributed by atoms with Crippen molar-refractivity contribution < 1.29 is 4.79 Å². The number of nitrogens with two attached hydrogens (primary N) is 1. The van der Waals surface area contributed by atoms with Crippen LogP contribution in [-0.2, 0) is 4.79 Å². The first-order chi connectivity index (χ1) is 10.5. The van der Waals surface area contributed by atoms with Gasteiger partial charge in [-0.2, -0.15) is 0 Å². The van der Waals surface area contributed by atoms with E-state index in [0.717, 1.165) is 25.8 Å². The molecule has 1 amide bonds. The van der Waals surface area contributed by atoms with Crippen LogP contribution >= 0.6 is 0 Å². The summed E-state index contributed by atoms with van der Waals surface area (Å²) in [6, 6.07) is 6.72. The first-order valence-corrected chi connectivity index (χ1v) is 8.57. The van der Waals surface area contributed by atoms with Crippen molar-refractivity contribution in [3.63, 3.8) is 0 Å². The van der Waals surface area contributed by atoms with E-state index < -0.39 is 0 Å². The lowest BCUT2D eigenvalue weighted by molar-refractivity contribution is -0.137. The average molecular weight is 302 g/mol. The van der Waals surface area contributed by atoms with Crippen LogP contribution in [0.3, 0.4) is 0 Å². The Labute approximate surface area is 134 Å². The van der Waals surface area contributed by atoms with Gasteiger partial charge in [-0.05, 0) is 49.8 Å². The molecule has 122 valence electrons. The van der Waals surface area contributed by atoms with E-state index in [1.165, 1.54) is 16.7 Å². The minimum Gasteiger partial charge on any atom is -0.340 e. The number of nitrogens with zero attached hydrogens (tertiary/aromatic N) is 1. The van der Waals surface area contributed by atoms with Crippen LogP contribution in [0.1, 0.15) is 55.7 Å². The van der Waals surface area contributed by atoms with Gasteiger partial charge in [0, 0.05) is 31.0 Å². The number of hydrogen-bond donors (Lipinski definition) is 1. The summed E-state index contributed by atoms with van der Waals surface area (Å²) in [4.78, 5) is 14.7. The van der Waals surface area contributed by atoms with Crippen molar-refractivity contribution in [1.82, 2.24) is 4.90 Å². The summed E-state index contributed by atoms with van der Waals surface area (Å²) < 4.78 is 0. The smallest absolute Gasteiger partial charge is 0.225 e. The fraction of sp³-hybridized carbons (Fsp3) is 0.632. The summed E-state index contributed by atoms with van der Waals surface area (Å²) in [6.07, 6.45) is 2.79. The molecule has 0 saturated carbocycles. The second kappa shape index (κ2) is 7.28. The molecule has 2 rings (SSSR count). The van der Waals surface area contributed by atoms with Gasteiger partial charge < -0.3 is 10.6 Å². The molecule has 1 aliphatic rings. The van der Waals surface area contributed by atoms with Crippen molar-refractivity contribution in [3.8, 4) is 0 Å². The lowest BCUT2D eigenvalue weighted by Gasteiger charge is -2.38. The van der Waals surface area contributed by atoms with E-state index in [9.17, 15) is 4.79 Å². The Hall–Kier alpha value is -1.35. The lowest BCUT2D eigenvalue weighted by atomic mass is 9.86. The second-order valence-corrected chi connectivity index (χ2v) is 6.79. The standard InChI is InChI=1S/C19H30N2O/c1-5-15(6-2)19(22)21-11-17(10-18(20)12-21)16-8-7-13(3)14(4)9-16/h7-9,15,17-18H,5-6,10-12,20H2,1-4H3. The van der Waals surface area contributed by atoms with E-state index in [1.54, 1.807) is 0 Å². The highest BCUT2D eigenvalue weighted by molar-refractivity contribution is 5.79. The van der Waals surface area contributed by atoms with E-state index in [1.807, 2.05) is 4.90 Å². The maximum absolute atomic E-state index is 12.7. The van der Waals surface area contributed by atoms with Crippen molar-refractivity contribution in [1.29, 1.82) is 0 Å². The third kappa shape index (κ3) is 3.70. The zero-order chi connectivity index (χ0) is 16.3. The number of piperidine rings is 1.